The zero-order valence-corrected chi connectivity index (χ0v) is 10.9. The Hall–Kier alpha value is -1.10. The fourth-order valence-corrected chi connectivity index (χ4v) is 2.46. The van der Waals surface area contributed by atoms with Crippen LogP contribution in [0.4, 0.5) is 0 Å². The van der Waals surface area contributed by atoms with E-state index in [0.717, 1.165) is 38.6 Å². The molecule has 5 heteroatoms. The van der Waals surface area contributed by atoms with E-state index in [0.29, 0.717) is 19.5 Å². The molecule has 0 radical (unpaired) electrons. The number of carbonyl (C=O) groups is 2. The molecule has 1 heterocycles. The standard InChI is InChI=1S/C13H24N2O3/c14-7-3-1-2-6-12(16)15-8-4-5-11(10-15)9-13(17)18/h11H,1-10,14H2,(H,17,18). The first-order valence-corrected chi connectivity index (χ1v) is 6.83. The van der Waals surface area contributed by atoms with Crippen molar-refractivity contribution in [2.24, 2.45) is 11.7 Å². The summed E-state index contributed by atoms with van der Waals surface area (Å²) in [5, 5.41) is 8.78. The van der Waals surface area contributed by atoms with Gasteiger partial charge in [-0.3, -0.25) is 9.59 Å². The number of rotatable bonds is 7. The predicted octanol–water partition coefficient (Wildman–Crippen LogP) is 1.22. The van der Waals surface area contributed by atoms with Crippen LogP contribution in [-0.4, -0.2) is 41.5 Å². The summed E-state index contributed by atoms with van der Waals surface area (Å²) in [7, 11) is 0. The topological polar surface area (TPSA) is 83.6 Å². The summed E-state index contributed by atoms with van der Waals surface area (Å²) in [5.41, 5.74) is 5.40. The molecule has 1 atom stereocenters. The molecule has 1 fully saturated rings. The number of nitrogens with two attached hydrogens (primary N) is 1. The first-order valence-electron chi connectivity index (χ1n) is 6.83. The fraction of sp³-hybridized carbons (Fsp3) is 0.846. The van der Waals surface area contributed by atoms with Gasteiger partial charge in [-0.25, -0.2) is 0 Å². The maximum atomic E-state index is 11.9. The first kappa shape index (κ1) is 15.0. The van der Waals surface area contributed by atoms with Crippen LogP contribution in [0.3, 0.4) is 0 Å². The normalized spacial score (nSPS) is 19.8. The summed E-state index contributed by atoms with van der Waals surface area (Å²) in [6.45, 7) is 2.08. The third-order valence-corrected chi connectivity index (χ3v) is 3.43. The van der Waals surface area contributed by atoms with Gasteiger partial charge < -0.3 is 15.7 Å². The SMILES string of the molecule is NCCCCCC(=O)N1CCCC(CC(=O)O)C1. The number of carbonyl (C=O) groups excluding carboxylic acids is 1. The van der Waals surface area contributed by atoms with Gasteiger partial charge in [0.25, 0.3) is 0 Å². The van der Waals surface area contributed by atoms with Gasteiger partial charge in [0.1, 0.15) is 0 Å². The second-order valence-corrected chi connectivity index (χ2v) is 5.05. The number of hydrogen-bond acceptors (Lipinski definition) is 3. The molecule has 0 spiro atoms. The molecule has 0 aromatic carbocycles. The number of amides is 1. The Balaban J connectivity index is 2.27. The maximum Gasteiger partial charge on any atom is 0.303 e. The Labute approximate surface area is 108 Å². The molecule has 104 valence electrons. The predicted molar refractivity (Wildman–Crippen MR) is 69.1 cm³/mol. The Morgan fingerprint density at radius 3 is 2.72 bits per heavy atom. The highest BCUT2D eigenvalue weighted by molar-refractivity contribution is 5.76. The van der Waals surface area contributed by atoms with E-state index >= 15 is 0 Å². The van der Waals surface area contributed by atoms with Gasteiger partial charge in [0.15, 0.2) is 0 Å². The number of piperidine rings is 1. The van der Waals surface area contributed by atoms with Gasteiger partial charge in [-0.05, 0) is 38.1 Å². The molecule has 1 saturated heterocycles. The molecule has 0 aliphatic carbocycles. The molecule has 1 amide bonds. The summed E-state index contributed by atoms with van der Waals surface area (Å²) >= 11 is 0. The van der Waals surface area contributed by atoms with E-state index in [1.807, 2.05) is 4.90 Å². The third kappa shape index (κ3) is 5.49. The van der Waals surface area contributed by atoms with Crippen LogP contribution in [0.1, 0.15) is 44.9 Å². The van der Waals surface area contributed by atoms with Crippen molar-refractivity contribution in [1.82, 2.24) is 4.90 Å². The van der Waals surface area contributed by atoms with Crippen LogP contribution in [-0.2, 0) is 9.59 Å². The molecule has 0 aromatic rings. The number of aliphatic carboxylic acids is 1. The van der Waals surface area contributed by atoms with Gasteiger partial charge in [-0.1, -0.05) is 6.42 Å². The highest BCUT2D eigenvalue weighted by Crippen LogP contribution is 2.20. The van der Waals surface area contributed by atoms with Crippen LogP contribution < -0.4 is 5.73 Å². The number of likely N-dealkylation sites (tertiary alicyclic amines) is 1. The molecule has 1 aliphatic heterocycles. The Kier molecular flexibility index (Phi) is 6.72. The lowest BCUT2D eigenvalue weighted by atomic mass is 9.94. The van der Waals surface area contributed by atoms with E-state index in [4.69, 9.17) is 10.8 Å². The molecule has 3 N–H and O–H groups in total. The van der Waals surface area contributed by atoms with Crippen molar-refractivity contribution in [3.63, 3.8) is 0 Å². The number of hydrogen-bond donors (Lipinski definition) is 2. The Bertz CT molecular complexity index is 281. The zero-order chi connectivity index (χ0) is 13.4. The molecule has 5 nitrogen and oxygen atoms in total. The number of carboxylic acids is 1. The minimum Gasteiger partial charge on any atom is -0.481 e. The van der Waals surface area contributed by atoms with Gasteiger partial charge in [-0.15, -0.1) is 0 Å². The second kappa shape index (κ2) is 8.08. The summed E-state index contributed by atoms with van der Waals surface area (Å²) in [5.74, 6) is -0.469. The molecule has 1 unspecified atom stereocenters. The van der Waals surface area contributed by atoms with Crippen molar-refractivity contribution in [3.05, 3.63) is 0 Å². The molecular weight excluding hydrogens is 232 g/mol. The van der Waals surface area contributed by atoms with Gasteiger partial charge in [0, 0.05) is 25.9 Å². The molecular formula is C13H24N2O3. The van der Waals surface area contributed by atoms with Crippen LogP contribution >= 0.6 is 0 Å². The van der Waals surface area contributed by atoms with Gasteiger partial charge in [0.05, 0.1) is 0 Å². The summed E-state index contributed by atoms with van der Waals surface area (Å²) in [6, 6.07) is 0. The van der Waals surface area contributed by atoms with Crippen molar-refractivity contribution in [2.75, 3.05) is 19.6 Å². The van der Waals surface area contributed by atoms with E-state index < -0.39 is 5.97 Å². The third-order valence-electron chi connectivity index (χ3n) is 3.43. The highest BCUT2D eigenvalue weighted by Gasteiger charge is 2.24. The lowest BCUT2D eigenvalue weighted by Crippen LogP contribution is -2.40. The van der Waals surface area contributed by atoms with Crippen LogP contribution in [0.5, 0.6) is 0 Å². The van der Waals surface area contributed by atoms with Gasteiger partial charge in [0.2, 0.25) is 5.91 Å². The molecule has 0 aromatic heterocycles. The lowest BCUT2D eigenvalue weighted by Gasteiger charge is -2.32. The van der Waals surface area contributed by atoms with Gasteiger partial charge in [-0.2, -0.15) is 0 Å². The van der Waals surface area contributed by atoms with Gasteiger partial charge >= 0.3 is 5.97 Å². The number of carboxylic acid groups (broad SMARTS) is 1. The minimum absolute atomic E-state index is 0.129. The summed E-state index contributed by atoms with van der Waals surface area (Å²) < 4.78 is 0. The van der Waals surface area contributed by atoms with Crippen molar-refractivity contribution in [3.8, 4) is 0 Å². The van der Waals surface area contributed by atoms with Crippen molar-refractivity contribution in [1.29, 1.82) is 0 Å². The highest BCUT2D eigenvalue weighted by atomic mass is 16.4. The quantitative estimate of drug-likeness (QED) is 0.671. The lowest BCUT2D eigenvalue weighted by molar-refractivity contribution is -0.140. The average Bonchev–Trinajstić information content (AvgIpc) is 2.34. The summed E-state index contributed by atoms with van der Waals surface area (Å²) in [4.78, 5) is 24.4. The minimum atomic E-state index is -0.766. The Morgan fingerprint density at radius 1 is 1.28 bits per heavy atom. The monoisotopic (exact) mass is 256 g/mol. The van der Waals surface area contributed by atoms with E-state index in [1.165, 1.54) is 0 Å². The first-order chi connectivity index (χ1) is 8.63. The fourth-order valence-electron chi connectivity index (χ4n) is 2.46. The molecule has 1 aliphatic rings. The van der Waals surface area contributed by atoms with Crippen LogP contribution in [0.25, 0.3) is 0 Å². The largest absolute Gasteiger partial charge is 0.481 e. The van der Waals surface area contributed by atoms with Crippen molar-refractivity contribution < 1.29 is 14.7 Å². The maximum absolute atomic E-state index is 11.9. The molecule has 18 heavy (non-hydrogen) atoms. The zero-order valence-electron chi connectivity index (χ0n) is 10.9. The summed E-state index contributed by atoms with van der Waals surface area (Å²) in [6.07, 6.45) is 5.44. The number of unbranched alkanes of at least 4 members (excludes halogenated alkanes) is 2. The smallest absolute Gasteiger partial charge is 0.303 e. The van der Waals surface area contributed by atoms with E-state index in [-0.39, 0.29) is 18.2 Å². The van der Waals surface area contributed by atoms with Crippen LogP contribution in [0.2, 0.25) is 0 Å². The molecule has 1 rings (SSSR count). The second-order valence-electron chi connectivity index (χ2n) is 5.05. The van der Waals surface area contributed by atoms with Crippen LogP contribution in [0, 0.1) is 5.92 Å². The average molecular weight is 256 g/mol. The van der Waals surface area contributed by atoms with E-state index in [2.05, 4.69) is 0 Å². The van der Waals surface area contributed by atoms with Crippen LogP contribution in [0.15, 0.2) is 0 Å². The molecule has 0 bridgehead atoms. The van der Waals surface area contributed by atoms with E-state index in [9.17, 15) is 9.59 Å². The van der Waals surface area contributed by atoms with E-state index in [1.54, 1.807) is 0 Å². The Morgan fingerprint density at radius 2 is 2.06 bits per heavy atom. The van der Waals surface area contributed by atoms with Crippen molar-refractivity contribution in [2.45, 2.75) is 44.9 Å². The number of nitrogens with zero attached hydrogens (tertiary/aromatic N) is 1. The molecule has 0 saturated carbocycles. The van der Waals surface area contributed by atoms with Crippen molar-refractivity contribution >= 4 is 11.9 Å².